The van der Waals surface area contributed by atoms with Gasteiger partial charge in [-0.25, -0.2) is 4.57 Å². The maximum Gasteiger partial charge on any atom is 0.459 e. The molecule has 0 aliphatic carbocycles. The largest absolute Gasteiger partial charge is 0.508 e. The highest BCUT2D eigenvalue weighted by Crippen LogP contribution is 2.46. The number of hydrogen-bond donors (Lipinski definition) is 4. The molecule has 2 aromatic carbocycles. The van der Waals surface area contributed by atoms with Crippen LogP contribution < -0.4 is 9.61 Å². The summed E-state index contributed by atoms with van der Waals surface area (Å²) in [5, 5.41) is 31.7. The second-order valence-electron chi connectivity index (χ2n) is 7.31. The lowest BCUT2D eigenvalue weighted by atomic mass is 10.1. The van der Waals surface area contributed by atoms with Gasteiger partial charge >= 0.3 is 13.7 Å². The number of aryl methyl sites for hydroxylation is 1. The third-order valence-electron chi connectivity index (χ3n) is 4.82. The zero-order chi connectivity index (χ0) is 24.7. The Morgan fingerprint density at radius 3 is 2.44 bits per heavy atom. The van der Waals surface area contributed by atoms with Crippen molar-refractivity contribution in [3.8, 4) is 17.2 Å². The smallest absolute Gasteiger partial charge is 0.459 e. The van der Waals surface area contributed by atoms with E-state index in [4.69, 9.17) is 9.05 Å². The second kappa shape index (κ2) is 10.9. The number of nitrogens with one attached hydrogen (secondary N) is 1. The van der Waals surface area contributed by atoms with Crippen LogP contribution in [0, 0.1) is 6.92 Å². The molecule has 1 aromatic heterocycles. The van der Waals surface area contributed by atoms with Crippen molar-refractivity contribution in [3.05, 3.63) is 83.2 Å². The molecule has 2 unspecified atom stereocenters. The van der Waals surface area contributed by atoms with E-state index in [0.29, 0.717) is 11.8 Å². The molecule has 3 aromatic rings. The third-order valence-corrected chi connectivity index (χ3v) is 6.37. The van der Waals surface area contributed by atoms with Gasteiger partial charge in [-0.2, -0.15) is 5.09 Å². The Kier molecular flexibility index (Phi) is 8.01. The Morgan fingerprint density at radius 2 is 1.82 bits per heavy atom. The summed E-state index contributed by atoms with van der Waals surface area (Å²) in [5.74, 6) is -1.46. The first-order chi connectivity index (χ1) is 16.2. The van der Waals surface area contributed by atoms with Gasteiger partial charge in [-0.05, 0) is 43.2 Å². The quantitative estimate of drug-likeness (QED) is 0.233. The molecular formula is C23H23N2O8P. The Morgan fingerprint density at radius 1 is 1.15 bits per heavy atom. The highest BCUT2D eigenvalue weighted by atomic mass is 31.2. The predicted octanol–water partition coefficient (Wildman–Crippen LogP) is 3.60. The number of carbonyl (C=O) groups is 2. The molecule has 3 rings (SSSR count). The number of pyridine rings is 1. The molecule has 0 radical (unpaired) electrons. The van der Waals surface area contributed by atoms with Crippen LogP contribution in [0.4, 0.5) is 0 Å². The summed E-state index contributed by atoms with van der Waals surface area (Å²) in [4.78, 5) is 27.3. The third kappa shape index (κ3) is 6.41. The van der Waals surface area contributed by atoms with Crippen molar-refractivity contribution < 1.29 is 38.5 Å². The number of rotatable bonds is 11. The molecule has 0 fully saturated rings. The fourth-order valence-electron chi connectivity index (χ4n) is 3.01. The van der Waals surface area contributed by atoms with Crippen molar-refractivity contribution in [2.75, 3.05) is 0 Å². The zero-order valence-electron chi connectivity index (χ0n) is 18.1. The molecule has 34 heavy (non-hydrogen) atoms. The molecule has 1 heterocycles. The van der Waals surface area contributed by atoms with Crippen molar-refractivity contribution in [1.29, 1.82) is 0 Å². The molecule has 0 saturated heterocycles. The van der Waals surface area contributed by atoms with Crippen LogP contribution in [0.2, 0.25) is 0 Å². The molecule has 0 aliphatic heterocycles. The first kappa shape index (κ1) is 24.9. The number of hydrogen-bond acceptors (Lipinski definition) is 8. The number of benzene rings is 2. The minimum Gasteiger partial charge on any atom is -0.508 e. The van der Waals surface area contributed by atoms with E-state index in [-0.39, 0.29) is 40.5 Å². The van der Waals surface area contributed by atoms with Gasteiger partial charge in [0.05, 0.1) is 17.9 Å². The van der Waals surface area contributed by atoms with E-state index in [0.717, 1.165) is 0 Å². The molecule has 10 nitrogen and oxygen atoms in total. The number of aliphatic carboxylic acids is 1. The van der Waals surface area contributed by atoms with Crippen LogP contribution in [0.5, 0.6) is 17.2 Å². The maximum absolute atomic E-state index is 13.6. The molecule has 178 valence electrons. The number of carboxylic acids is 1. The number of aromatic nitrogens is 1. The fraction of sp³-hybridized carbons (Fsp3) is 0.174. The van der Waals surface area contributed by atoms with Crippen molar-refractivity contribution >= 4 is 20.0 Å². The van der Waals surface area contributed by atoms with E-state index < -0.39 is 26.4 Å². The van der Waals surface area contributed by atoms with E-state index >= 15 is 0 Å². The first-order valence-corrected chi connectivity index (χ1v) is 11.7. The lowest BCUT2D eigenvalue weighted by molar-refractivity contribution is -0.139. The van der Waals surface area contributed by atoms with Gasteiger partial charge in [0.25, 0.3) is 0 Å². The van der Waals surface area contributed by atoms with Gasteiger partial charge in [-0.3, -0.25) is 19.1 Å². The molecule has 4 N–H and O–H groups in total. The van der Waals surface area contributed by atoms with Gasteiger partial charge in [-0.1, -0.05) is 30.3 Å². The lowest BCUT2D eigenvalue weighted by Crippen LogP contribution is -2.38. The van der Waals surface area contributed by atoms with Crippen LogP contribution in [0.1, 0.15) is 27.2 Å². The molecule has 11 heteroatoms. The van der Waals surface area contributed by atoms with Gasteiger partial charge in [0, 0.05) is 11.8 Å². The Labute approximate surface area is 195 Å². The summed E-state index contributed by atoms with van der Waals surface area (Å²) in [7, 11) is -4.33. The van der Waals surface area contributed by atoms with Crippen molar-refractivity contribution in [1.82, 2.24) is 10.1 Å². The van der Waals surface area contributed by atoms with Crippen LogP contribution in [-0.4, -0.2) is 38.6 Å². The molecule has 0 bridgehead atoms. The van der Waals surface area contributed by atoms with Crippen LogP contribution in [-0.2, 0) is 26.9 Å². The summed E-state index contributed by atoms with van der Waals surface area (Å²) in [6.07, 6.45) is 1.62. The summed E-state index contributed by atoms with van der Waals surface area (Å²) in [5.41, 5.74) is 0.840. The Bertz CT molecular complexity index is 1200. The number of para-hydroxylation sites is 1. The van der Waals surface area contributed by atoms with Crippen LogP contribution >= 0.6 is 7.75 Å². The van der Waals surface area contributed by atoms with Crippen LogP contribution in [0.15, 0.2) is 60.8 Å². The van der Waals surface area contributed by atoms with Gasteiger partial charge < -0.3 is 19.8 Å². The van der Waals surface area contributed by atoms with E-state index in [9.17, 15) is 29.5 Å². The van der Waals surface area contributed by atoms with Gasteiger partial charge in [-0.15, -0.1) is 0 Å². The van der Waals surface area contributed by atoms with Crippen molar-refractivity contribution in [2.24, 2.45) is 0 Å². The summed E-state index contributed by atoms with van der Waals surface area (Å²) in [6.45, 7) is 1.05. The monoisotopic (exact) mass is 486 g/mol. The normalized spacial score (nSPS) is 13.6. The topological polar surface area (TPSA) is 155 Å². The van der Waals surface area contributed by atoms with Crippen LogP contribution in [0.25, 0.3) is 0 Å². The summed E-state index contributed by atoms with van der Waals surface area (Å²) < 4.78 is 24.7. The van der Waals surface area contributed by atoms with Gasteiger partial charge in [0.1, 0.15) is 23.3 Å². The number of phenols is 1. The molecule has 0 amide bonds. The second-order valence-corrected chi connectivity index (χ2v) is 9.01. The Hall–Kier alpha value is -3.72. The fourth-order valence-corrected chi connectivity index (χ4v) is 4.48. The molecule has 2 atom stereocenters. The highest BCUT2D eigenvalue weighted by Gasteiger charge is 2.34. The molecule has 0 spiro atoms. The first-order valence-electron chi connectivity index (χ1n) is 10.1. The van der Waals surface area contributed by atoms with Gasteiger partial charge in [0.15, 0.2) is 6.29 Å². The standard InChI is InChI=1S/C23H23N2O8P/c1-15-22(28)20(13-26)17(12-24-15)14-32-34(31,33-19-5-3-2-4-6-19)25-21(23(29)30)11-16-7-9-18(27)10-8-16/h2-10,12-13,21,27-28H,11,14H2,1H3,(H,25,31)(H,29,30). The summed E-state index contributed by atoms with van der Waals surface area (Å²) >= 11 is 0. The molecular weight excluding hydrogens is 463 g/mol. The van der Waals surface area contributed by atoms with E-state index in [1.165, 1.54) is 49.5 Å². The van der Waals surface area contributed by atoms with E-state index in [2.05, 4.69) is 10.1 Å². The minimum atomic E-state index is -4.33. The maximum atomic E-state index is 13.6. The van der Waals surface area contributed by atoms with Crippen molar-refractivity contribution in [3.63, 3.8) is 0 Å². The number of phenolic OH excluding ortho intramolecular Hbond substituents is 1. The average molecular weight is 486 g/mol. The number of carboxylic acid groups (broad SMARTS) is 1. The van der Waals surface area contributed by atoms with Crippen molar-refractivity contribution in [2.45, 2.75) is 26.0 Å². The SMILES string of the molecule is Cc1ncc(COP(=O)(NC(Cc2ccc(O)cc2)C(=O)O)Oc2ccccc2)c(C=O)c1O. The lowest BCUT2D eigenvalue weighted by Gasteiger charge is -2.24. The average Bonchev–Trinajstić information content (AvgIpc) is 2.81. The minimum absolute atomic E-state index is 0.0194. The number of aromatic hydroxyl groups is 2. The Balaban J connectivity index is 1.88. The molecule has 0 aliphatic rings. The predicted molar refractivity (Wildman–Crippen MR) is 122 cm³/mol. The van der Waals surface area contributed by atoms with E-state index in [1.54, 1.807) is 18.2 Å². The molecule has 0 saturated carbocycles. The zero-order valence-corrected chi connectivity index (χ0v) is 19.0. The van der Waals surface area contributed by atoms with E-state index in [1.807, 2.05) is 0 Å². The number of nitrogens with zero attached hydrogens (tertiary/aromatic N) is 1. The highest BCUT2D eigenvalue weighted by molar-refractivity contribution is 7.52. The van der Waals surface area contributed by atoms with Crippen LogP contribution in [0.3, 0.4) is 0 Å². The summed E-state index contributed by atoms with van der Waals surface area (Å²) in [6, 6.07) is 12.5. The number of aldehydes is 1. The van der Waals surface area contributed by atoms with Gasteiger partial charge in [0.2, 0.25) is 0 Å². The number of carbonyl (C=O) groups excluding carboxylic acids is 1.